The molecule has 4 rings (SSSR count). The number of aliphatic hydroxyl groups is 1. The van der Waals surface area contributed by atoms with E-state index in [9.17, 15) is 20.0 Å². The average Bonchev–Trinajstić information content (AvgIpc) is 2.86. The number of ketones is 1. The normalized spacial score (nSPS) is 47.7. The predicted molar refractivity (Wildman–Crippen MR) is 93.2 cm³/mol. The van der Waals surface area contributed by atoms with Crippen molar-refractivity contribution in [2.24, 2.45) is 22.7 Å². The smallest absolute Gasteiger partial charge is 0.234 e. The molecule has 0 aromatic carbocycles. The second-order valence-electron chi connectivity index (χ2n) is 9.04. The van der Waals surface area contributed by atoms with Crippen molar-refractivity contribution in [2.75, 3.05) is 0 Å². The second-order valence-corrected chi connectivity index (χ2v) is 9.04. The van der Waals surface area contributed by atoms with Crippen molar-refractivity contribution in [3.8, 4) is 0 Å². The van der Waals surface area contributed by atoms with Gasteiger partial charge in [0.05, 0.1) is 10.5 Å². The maximum absolute atomic E-state index is 11.9. The molecular weight excluding hydrogens is 318 g/mol. The zero-order valence-corrected chi connectivity index (χ0v) is 15.1. The lowest BCUT2D eigenvalue weighted by Gasteiger charge is -2.62. The minimum absolute atomic E-state index is 0.161. The Labute approximate surface area is 148 Å². The van der Waals surface area contributed by atoms with E-state index in [0.717, 1.165) is 49.7 Å². The average molecular weight is 345 g/mol. The number of allylic oxidation sites excluding steroid dienone is 1. The summed E-state index contributed by atoms with van der Waals surface area (Å²) in [5, 5.41) is 22.9. The summed E-state index contributed by atoms with van der Waals surface area (Å²) in [6.07, 6.45) is 9.17. The number of hydrogen-bond acceptors (Lipinski definition) is 4. The Hall–Kier alpha value is -1.49. The lowest BCUT2D eigenvalue weighted by atomic mass is 9.45. The van der Waals surface area contributed by atoms with Crippen LogP contribution in [0.5, 0.6) is 0 Å². The van der Waals surface area contributed by atoms with Crippen molar-refractivity contribution < 1.29 is 14.8 Å². The fourth-order valence-electron chi connectivity index (χ4n) is 6.69. The van der Waals surface area contributed by atoms with E-state index in [1.54, 1.807) is 6.08 Å². The molecule has 4 aliphatic carbocycles. The van der Waals surface area contributed by atoms with Gasteiger partial charge in [-0.25, -0.2) is 0 Å². The lowest BCUT2D eigenvalue weighted by molar-refractivity contribution is -0.404. The van der Waals surface area contributed by atoms with Gasteiger partial charge in [-0.1, -0.05) is 19.4 Å². The van der Waals surface area contributed by atoms with Crippen LogP contribution in [0.15, 0.2) is 23.4 Å². The van der Waals surface area contributed by atoms with Crippen molar-refractivity contribution in [3.05, 3.63) is 33.5 Å². The first kappa shape index (κ1) is 17.0. The highest BCUT2D eigenvalue weighted by Crippen LogP contribution is 2.68. The Bertz CT molecular complexity index is 710. The highest BCUT2D eigenvalue weighted by molar-refractivity contribution is 5.91. The maximum atomic E-state index is 11.9. The molecule has 3 fully saturated rings. The van der Waals surface area contributed by atoms with Gasteiger partial charge in [0.2, 0.25) is 6.20 Å². The molecule has 25 heavy (non-hydrogen) atoms. The third kappa shape index (κ3) is 2.14. The molecule has 0 saturated heterocycles. The van der Waals surface area contributed by atoms with Gasteiger partial charge in [-0.3, -0.25) is 14.9 Å². The summed E-state index contributed by atoms with van der Waals surface area (Å²) >= 11 is 0. The SMILES string of the molecule is C[C@]12CCC(=O)C=C1CC[C@H]1[C@@H]3CCC(=C[N+](=O)[O-])[C@@]3(C)CC[C@@]12O. The number of nitrogens with zero attached hydrogens (tertiary/aromatic N) is 1. The van der Waals surface area contributed by atoms with E-state index in [1.165, 1.54) is 6.20 Å². The molecule has 0 heterocycles. The molecule has 0 spiro atoms. The van der Waals surface area contributed by atoms with Crippen molar-refractivity contribution >= 4 is 5.78 Å². The van der Waals surface area contributed by atoms with Crippen LogP contribution in [0.1, 0.15) is 65.2 Å². The Balaban J connectivity index is 1.73. The van der Waals surface area contributed by atoms with Crippen molar-refractivity contribution in [1.29, 1.82) is 0 Å². The lowest BCUT2D eigenvalue weighted by Crippen LogP contribution is -2.62. The van der Waals surface area contributed by atoms with Crippen LogP contribution in [0.2, 0.25) is 0 Å². The van der Waals surface area contributed by atoms with Crippen LogP contribution in [0, 0.1) is 32.8 Å². The molecule has 0 radical (unpaired) electrons. The summed E-state index contributed by atoms with van der Waals surface area (Å²) in [5.41, 5.74) is 0.818. The third-order valence-corrected chi connectivity index (χ3v) is 8.26. The zero-order valence-electron chi connectivity index (χ0n) is 15.1. The van der Waals surface area contributed by atoms with Crippen LogP contribution in [-0.2, 0) is 4.79 Å². The summed E-state index contributed by atoms with van der Waals surface area (Å²) in [5.74, 6) is 0.653. The van der Waals surface area contributed by atoms with Gasteiger partial charge in [0.15, 0.2) is 5.78 Å². The van der Waals surface area contributed by atoms with Crippen LogP contribution in [0.25, 0.3) is 0 Å². The van der Waals surface area contributed by atoms with Gasteiger partial charge in [-0.15, -0.1) is 0 Å². The van der Waals surface area contributed by atoms with Gasteiger partial charge in [-0.2, -0.15) is 0 Å². The Kier molecular flexibility index (Phi) is 3.56. The Morgan fingerprint density at radius 1 is 1.16 bits per heavy atom. The maximum Gasteiger partial charge on any atom is 0.234 e. The van der Waals surface area contributed by atoms with E-state index in [-0.39, 0.29) is 27.5 Å². The zero-order chi connectivity index (χ0) is 18.0. The molecule has 1 N–H and O–H groups in total. The van der Waals surface area contributed by atoms with E-state index in [4.69, 9.17) is 0 Å². The minimum Gasteiger partial charge on any atom is -0.389 e. The minimum atomic E-state index is -0.786. The quantitative estimate of drug-likeness (QED) is 0.579. The topological polar surface area (TPSA) is 80.4 Å². The fourth-order valence-corrected chi connectivity index (χ4v) is 6.69. The van der Waals surface area contributed by atoms with Gasteiger partial charge >= 0.3 is 0 Å². The van der Waals surface area contributed by atoms with Gasteiger partial charge < -0.3 is 5.11 Å². The molecule has 0 aromatic rings. The second kappa shape index (κ2) is 5.26. The third-order valence-electron chi connectivity index (χ3n) is 8.26. The van der Waals surface area contributed by atoms with Crippen LogP contribution < -0.4 is 0 Å². The van der Waals surface area contributed by atoms with Crippen molar-refractivity contribution in [3.63, 3.8) is 0 Å². The van der Waals surface area contributed by atoms with E-state index in [1.807, 2.05) is 0 Å². The molecule has 136 valence electrons. The van der Waals surface area contributed by atoms with Gasteiger partial charge in [-0.05, 0) is 68.3 Å². The molecule has 5 nitrogen and oxygen atoms in total. The van der Waals surface area contributed by atoms with E-state index < -0.39 is 5.60 Å². The molecule has 4 aliphatic rings. The Morgan fingerprint density at radius 2 is 1.88 bits per heavy atom. The summed E-state index contributed by atoms with van der Waals surface area (Å²) in [6.45, 7) is 4.31. The summed E-state index contributed by atoms with van der Waals surface area (Å²) in [6, 6.07) is 0. The van der Waals surface area contributed by atoms with Crippen LogP contribution in [0.3, 0.4) is 0 Å². The highest BCUT2D eigenvalue weighted by Gasteiger charge is 2.65. The number of rotatable bonds is 1. The van der Waals surface area contributed by atoms with Gasteiger partial charge in [0.25, 0.3) is 0 Å². The van der Waals surface area contributed by atoms with Crippen LogP contribution in [0.4, 0.5) is 0 Å². The first-order valence-electron chi connectivity index (χ1n) is 9.52. The van der Waals surface area contributed by atoms with Gasteiger partial charge in [0.1, 0.15) is 0 Å². The first-order valence-corrected chi connectivity index (χ1v) is 9.52. The fraction of sp³-hybridized carbons (Fsp3) is 0.750. The van der Waals surface area contributed by atoms with Crippen molar-refractivity contribution in [1.82, 2.24) is 0 Å². The van der Waals surface area contributed by atoms with Crippen LogP contribution >= 0.6 is 0 Å². The Morgan fingerprint density at radius 3 is 2.60 bits per heavy atom. The molecule has 5 atom stereocenters. The molecule has 0 aliphatic heterocycles. The molecular formula is C20H27NO4. The summed E-state index contributed by atoms with van der Waals surface area (Å²) in [4.78, 5) is 22.6. The summed E-state index contributed by atoms with van der Waals surface area (Å²) < 4.78 is 0. The monoisotopic (exact) mass is 345 g/mol. The number of carbonyl (C=O) groups is 1. The van der Waals surface area contributed by atoms with Crippen LogP contribution in [-0.4, -0.2) is 21.4 Å². The van der Waals surface area contributed by atoms with E-state index in [0.29, 0.717) is 18.8 Å². The molecule has 3 saturated carbocycles. The standard InChI is InChI=1S/C20H27NO4/c1-18-9-10-20(23)17(16(18)5-4-14(18)12-21(24)25)6-3-13-11-15(22)7-8-19(13,20)2/h11-12,16-17,23H,3-10H2,1-2H3/t16-,17-,18+,19-,20+/m0/s1. The first-order chi connectivity index (χ1) is 11.7. The predicted octanol–water partition coefficient (Wildman–Crippen LogP) is 3.79. The molecule has 0 amide bonds. The highest BCUT2D eigenvalue weighted by atomic mass is 16.6. The molecule has 5 heteroatoms. The molecule has 0 unspecified atom stereocenters. The number of hydrogen-bond donors (Lipinski definition) is 1. The number of fused-ring (bicyclic) bond motifs is 5. The van der Waals surface area contributed by atoms with Gasteiger partial charge in [0, 0.05) is 17.4 Å². The molecule has 0 aromatic heterocycles. The number of carbonyl (C=O) groups excluding carboxylic acids is 1. The number of nitro groups is 1. The van der Waals surface area contributed by atoms with E-state index in [2.05, 4.69) is 13.8 Å². The van der Waals surface area contributed by atoms with Crippen molar-refractivity contribution in [2.45, 2.75) is 70.8 Å². The largest absolute Gasteiger partial charge is 0.389 e. The van der Waals surface area contributed by atoms with E-state index >= 15 is 0 Å². The molecule has 0 bridgehead atoms. The summed E-state index contributed by atoms with van der Waals surface area (Å²) in [7, 11) is 0.